The number of hydrogen-bond acceptors (Lipinski definition) is 4. The molecule has 2 aliphatic heterocycles. The van der Waals surface area contributed by atoms with E-state index in [1.807, 2.05) is 0 Å². The molecule has 6 heteroatoms. The molecule has 20 heavy (non-hydrogen) atoms. The number of nitrogens with one attached hydrogen (secondary N) is 1. The third-order valence-electron chi connectivity index (χ3n) is 4.30. The average Bonchev–Trinajstić information content (AvgIpc) is 3.15. The Hall–Kier alpha value is -1.53. The SMILES string of the molecule is O=C(NC1CN2CC[C@H]1C2)c1cc2c(F)csc2cn1. The van der Waals surface area contributed by atoms with Gasteiger partial charge in [0.05, 0.1) is 4.70 Å². The van der Waals surface area contributed by atoms with Crippen LogP contribution in [0.3, 0.4) is 0 Å². The predicted molar refractivity (Wildman–Crippen MR) is 75.4 cm³/mol. The smallest absolute Gasteiger partial charge is 0.270 e. The lowest BCUT2D eigenvalue weighted by molar-refractivity contribution is 0.0919. The highest BCUT2D eigenvalue weighted by atomic mass is 32.1. The number of piperidine rings is 1. The van der Waals surface area contributed by atoms with E-state index in [0.717, 1.165) is 30.8 Å². The number of thiophene rings is 1. The fourth-order valence-electron chi connectivity index (χ4n) is 3.22. The highest BCUT2D eigenvalue weighted by Gasteiger charge is 2.38. The van der Waals surface area contributed by atoms with E-state index >= 15 is 0 Å². The highest BCUT2D eigenvalue weighted by Crippen LogP contribution is 2.28. The van der Waals surface area contributed by atoms with Gasteiger partial charge in [0.1, 0.15) is 11.5 Å². The van der Waals surface area contributed by atoms with Crippen molar-refractivity contribution in [3.8, 4) is 0 Å². The van der Waals surface area contributed by atoms with Crippen molar-refractivity contribution in [1.29, 1.82) is 0 Å². The standard InChI is InChI=1S/C14H14FN3OS/c15-10-7-20-13-4-16-11(3-9(10)13)14(19)17-12-6-18-2-1-8(12)5-18/h3-4,7-8,12H,1-2,5-6H2,(H,17,19)/t8-,12?/m0/s1. The molecule has 0 saturated carbocycles. The summed E-state index contributed by atoms with van der Waals surface area (Å²) in [5, 5.41) is 4.96. The Kier molecular flexibility index (Phi) is 2.75. The summed E-state index contributed by atoms with van der Waals surface area (Å²) >= 11 is 1.30. The molecule has 2 bridgehead atoms. The first-order chi connectivity index (χ1) is 9.70. The number of rotatable bonds is 2. The Morgan fingerprint density at radius 2 is 2.40 bits per heavy atom. The van der Waals surface area contributed by atoms with Crippen LogP contribution in [0.2, 0.25) is 0 Å². The molecule has 3 atom stereocenters. The number of fused-ring (bicyclic) bond motifs is 3. The fraction of sp³-hybridized carbons (Fsp3) is 0.429. The molecular formula is C14H14FN3OS. The van der Waals surface area contributed by atoms with Crippen LogP contribution in [0.25, 0.3) is 10.1 Å². The lowest BCUT2D eigenvalue weighted by Crippen LogP contribution is -2.43. The van der Waals surface area contributed by atoms with Crippen molar-refractivity contribution in [1.82, 2.24) is 15.2 Å². The van der Waals surface area contributed by atoms with Crippen molar-refractivity contribution >= 4 is 27.3 Å². The first kappa shape index (κ1) is 12.2. The summed E-state index contributed by atoms with van der Waals surface area (Å²) in [5.41, 5.74) is 0.299. The second kappa shape index (κ2) is 4.49. The summed E-state index contributed by atoms with van der Waals surface area (Å²) in [6.45, 7) is 3.14. The molecule has 2 saturated heterocycles. The molecule has 4 rings (SSSR count). The topological polar surface area (TPSA) is 45.2 Å². The van der Waals surface area contributed by atoms with Gasteiger partial charge >= 0.3 is 0 Å². The molecule has 0 spiro atoms. The van der Waals surface area contributed by atoms with Gasteiger partial charge in [-0.25, -0.2) is 9.37 Å². The largest absolute Gasteiger partial charge is 0.346 e. The van der Waals surface area contributed by atoms with Crippen LogP contribution in [0.4, 0.5) is 4.39 Å². The van der Waals surface area contributed by atoms with Crippen LogP contribution in [0, 0.1) is 11.7 Å². The van der Waals surface area contributed by atoms with Crippen molar-refractivity contribution in [2.75, 3.05) is 19.6 Å². The number of hydrogen-bond donors (Lipinski definition) is 1. The van der Waals surface area contributed by atoms with Crippen LogP contribution >= 0.6 is 11.3 Å². The summed E-state index contributed by atoms with van der Waals surface area (Å²) in [5.74, 6) is 0.0734. The quantitative estimate of drug-likeness (QED) is 0.919. The molecule has 104 valence electrons. The molecule has 2 aromatic heterocycles. The van der Waals surface area contributed by atoms with Gasteiger partial charge in [0.15, 0.2) is 0 Å². The Bertz CT molecular complexity index is 686. The minimum atomic E-state index is -0.285. The van der Waals surface area contributed by atoms with Gasteiger partial charge in [-0.2, -0.15) is 0 Å². The maximum Gasteiger partial charge on any atom is 0.270 e. The number of nitrogens with zero attached hydrogens (tertiary/aromatic N) is 2. The Balaban J connectivity index is 1.56. The summed E-state index contributed by atoms with van der Waals surface area (Å²) in [7, 11) is 0. The highest BCUT2D eigenvalue weighted by molar-refractivity contribution is 7.17. The fourth-order valence-corrected chi connectivity index (χ4v) is 3.97. The molecule has 4 heterocycles. The maximum absolute atomic E-state index is 13.6. The minimum Gasteiger partial charge on any atom is -0.346 e. The number of carbonyl (C=O) groups excluding carboxylic acids is 1. The third-order valence-corrected chi connectivity index (χ3v) is 5.20. The van der Waals surface area contributed by atoms with Crippen molar-refractivity contribution in [2.24, 2.45) is 5.92 Å². The third kappa shape index (κ3) is 1.91. The molecule has 0 aliphatic carbocycles. The van der Waals surface area contributed by atoms with E-state index in [1.165, 1.54) is 16.7 Å². The number of aromatic nitrogens is 1. The van der Waals surface area contributed by atoms with Gasteiger partial charge in [-0.15, -0.1) is 11.3 Å². The predicted octanol–water partition coefficient (Wildman–Crippen LogP) is 1.87. The molecule has 2 aromatic rings. The van der Waals surface area contributed by atoms with E-state index in [1.54, 1.807) is 12.3 Å². The summed E-state index contributed by atoms with van der Waals surface area (Å²) in [4.78, 5) is 18.8. The summed E-state index contributed by atoms with van der Waals surface area (Å²) < 4.78 is 14.3. The molecule has 4 nitrogen and oxygen atoms in total. The number of amides is 1. The van der Waals surface area contributed by atoms with E-state index in [0.29, 0.717) is 17.0 Å². The zero-order valence-corrected chi connectivity index (χ0v) is 11.6. The van der Waals surface area contributed by atoms with Crippen molar-refractivity contribution in [2.45, 2.75) is 12.5 Å². The lowest BCUT2D eigenvalue weighted by Gasteiger charge is -2.22. The van der Waals surface area contributed by atoms with Crippen LogP contribution in [0.15, 0.2) is 17.6 Å². The second-order valence-electron chi connectivity index (χ2n) is 5.54. The number of pyridine rings is 1. The zero-order valence-electron chi connectivity index (χ0n) is 10.8. The number of halogens is 1. The van der Waals surface area contributed by atoms with Gasteiger partial charge in [0, 0.05) is 36.1 Å². The first-order valence-electron chi connectivity index (χ1n) is 6.76. The van der Waals surface area contributed by atoms with Gasteiger partial charge in [0.25, 0.3) is 5.91 Å². The minimum absolute atomic E-state index is 0.198. The molecule has 2 unspecified atom stereocenters. The molecular weight excluding hydrogens is 277 g/mol. The summed E-state index contributed by atoms with van der Waals surface area (Å²) in [6, 6.07) is 1.75. The Morgan fingerprint density at radius 1 is 1.50 bits per heavy atom. The van der Waals surface area contributed by atoms with Crippen molar-refractivity contribution < 1.29 is 9.18 Å². The van der Waals surface area contributed by atoms with Crippen LogP contribution in [0.1, 0.15) is 16.9 Å². The van der Waals surface area contributed by atoms with E-state index in [2.05, 4.69) is 15.2 Å². The average molecular weight is 291 g/mol. The van der Waals surface area contributed by atoms with E-state index in [-0.39, 0.29) is 17.8 Å². The van der Waals surface area contributed by atoms with Gasteiger partial charge < -0.3 is 10.2 Å². The van der Waals surface area contributed by atoms with Crippen LogP contribution in [-0.2, 0) is 0 Å². The lowest BCUT2D eigenvalue weighted by atomic mass is 10.00. The molecule has 2 fully saturated rings. The van der Waals surface area contributed by atoms with Crippen LogP contribution in [-0.4, -0.2) is 41.5 Å². The normalized spacial score (nSPS) is 28.1. The van der Waals surface area contributed by atoms with Gasteiger partial charge in [0.2, 0.25) is 0 Å². The molecule has 1 N–H and O–H groups in total. The molecule has 0 radical (unpaired) electrons. The first-order valence-corrected chi connectivity index (χ1v) is 7.64. The molecule has 0 aromatic carbocycles. The maximum atomic E-state index is 13.6. The van der Waals surface area contributed by atoms with E-state index in [9.17, 15) is 9.18 Å². The number of carbonyl (C=O) groups is 1. The van der Waals surface area contributed by atoms with E-state index in [4.69, 9.17) is 0 Å². The zero-order chi connectivity index (χ0) is 13.7. The molecule has 1 amide bonds. The van der Waals surface area contributed by atoms with Gasteiger partial charge in [-0.05, 0) is 24.9 Å². The van der Waals surface area contributed by atoms with Crippen LogP contribution in [0.5, 0.6) is 0 Å². The van der Waals surface area contributed by atoms with Gasteiger partial charge in [-0.1, -0.05) is 0 Å². The van der Waals surface area contributed by atoms with Crippen molar-refractivity contribution in [3.05, 3.63) is 29.2 Å². The van der Waals surface area contributed by atoms with Gasteiger partial charge in [-0.3, -0.25) is 4.79 Å². The molecule has 2 aliphatic rings. The Labute approximate surface area is 119 Å². The monoisotopic (exact) mass is 291 g/mol. The van der Waals surface area contributed by atoms with Crippen LogP contribution < -0.4 is 5.32 Å². The second-order valence-corrected chi connectivity index (χ2v) is 6.45. The van der Waals surface area contributed by atoms with E-state index < -0.39 is 0 Å². The summed E-state index contributed by atoms with van der Waals surface area (Å²) in [6.07, 6.45) is 2.72. The Morgan fingerprint density at radius 3 is 3.15 bits per heavy atom. The van der Waals surface area contributed by atoms with Crippen molar-refractivity contribution in [3.63, 3.8) is 0 Å².